The average Bonchev–Trinajstić information content (AvgIpc) is 2.20. The van der Waals surface area contributed by atoms with Gasteiger partial charge in [0.05, 0.1) is 19.8 Å². The zero-order chi connectivity index (χ0) is 11.4. The van der Waals surface area contributed by atoms with E-state index in [0.29, 0.717) is 19.8 Å². The summed E-state index contributed by atoms with van der Waals surface area (Å²) in [7, 11) is 0. The van der Waals surface area contributed by atoms with E-state index in [1.165, 1.54) is 0 Å². The van der Waals surface area contributed by atoms with E-state index in [9.17, 15) is 10.1 Å². The second-order valence-electron chi connectivity index (χ2n) is 2.71. The molecule has 0 aliphatic carbocycles. The molecule has 90 valence electrons. The number of aliphatic hydroxyl groups is 1. The van der Waals surface area contributed by atoms with E-state index >= 15 is 0 Å². The molecule has 0 atom stereocenters. The SMILES string of the molecule is O=[N+]([O-])OCCOCCOCCCCO. The lowest BCUT2D eigenvalue weighted by atomic mass is 10.3. The summed E-state index contributed by atoms with van der Waals surface area (Å²) in [5, 5.41) is 17.3. The van der Waals surface area contributed by atoms with Crippen LogP contribution < -0.4 is 0 Å². The van der Waals surface area contributed by atoms with E-state index in [2.05, 4.69) is 4.84 Å². The van der Waals surface area contributed by atoms with E-state index in [4.69, 9.17) is 14.6 Å². The quantitative estimate of drug-likeness (QED) is 0.301. The van der Waals surface area contributed by atoms with Gasteiger partial charge in [-0.25, -0.2) is 0 Å². The summed E-state index contributed by atoms with van der Waals surface area (Å²) >= 11 is 0. The third kappa shape index (κ3) is 13.1. The molecule has 0 aromatic heterocycles. The Balaban J connectivity index is 2.89. The topological polar surface area (TPSA) is 91.1 Å². The van der Waals surface area contributed by atoms with Crippen LogP contribution in [0.3, 0.4) is 0 Å². The average molecular weight is 223 g/mol. The fourth-order valence-corrected chi connectivity index (χ4v) is 0.809. The van der Waals surface area contributed by atoms with Crippen molar-refractivity contribution in [2.45, 2.75) is 12.8 Å². The van der Waals surface area contributed by atoms with Gasteiger partial charge in [-0.1, -0.05) is 0 Å². The molecule has 0 aromatic rings. The molecule has 15 heavy (non-hydrogen) atoms. The first-order chi connectivity index (χ1) is 7.27. The Kier molecular flexibility index (Phi) is 10.5. The van der Waals surface area contributed by atoms with E-state index in [1.807, 2.05) is 0 Å². The van der Waals surface area contributed by atoms with Crippen molar-refractivity contribution in [3.05, 3.63) is 10.1 Å². The molecular weight excluding hydrogens is 206 g/mol. The maximum atomic E-state index is 9.72. The maximum Gasteiger partial charge on any atom is 0.294 e. The van der Waals surface area contributed by atoms with Crippen LogP contribution >= 0.6 is 0 Å². The second-order valence-corrected chi connectivity index (χ2v) is 2.71. The normalized spacial score (nSPS) is 10.2. The first-order valence-electron chi connectivity index (χ1n) is 4.81. The number of unbranched alkanes of at least 4 members (excludes halogenated alkanes) is 1. The summed E-state index contributed by atoms with van der Waals surface area (Å²) in [5.41, 5.74) is 0. The van der Waals surface area contributed by atoms with Crippen LogP contribution in [0.5, 0.6) is 0 Å². The molecule has 0 heterocycles. The molecule has 7 nitrogen and oxygen atoms in total. The molecule has 0 amide bonds. The Morgan fingerprint density at radius 3 is 2.20 bits per heavy atom. The predicted molar refractivity (Wildman–Crippen MR) is 50.9 cm³/mol. The van der Waals surface area contributed by atoms with Gasteiger partial charge in [0.1, 0.15) is 6.61 Å². The van der Waals surface area contributed by atoms with Gasteiger partial charge in [0.25, 0.3) is 5.09 Å². The molecule has 0 aliphatic rings. The minimum absolute atomic E-state index is 0.0580. The van der Waals surface area contributed by atoms with Gasteiger partial charge >= 0.3 is 0 Å². The molecule has 0 saturated carbocycles. The van der Waals surface area contributed by atoms with Crippen molar-refractivity contribution in [3.8, 4) is 0 Å². The smallest absolute Gasteiger partial charge is 0.294 e. The number of ether oxygens (including phenoxy) is 2. The molecule has 0 rings (SSSR count). The third-order valence-electron chi connectivity index (χ3n) is 1.49. The highest BCUT2D eigenvalue weighted by atomic mass is 17.0. The highest BCUT2D eigenvalue weighted by Gasteiger charge is 1.94. The van der Waals surface area contributed by atoms with E-state index in [1.54, 1.807) is 0 Å². The lowest BCUT2D eigenvalue weighted by Crippen LogP contribution is -2.12. The lowest BCUT2D eigenvalue weighted by Gasteiger charge is -2.04. The van der Waals surface area contributed by atoms with Crippen LogP contribution in [0.4, 0.5) is 0 Å². The Morgan fingerprint density at radius 1 is 1.00 bits per heavy atom. The van der Waals surface area contributed by atoms with Crippen molar-refractivity contribution in [2.75, 3.05) is 39.6 Å². The number of rotatable bonds is 11. The molecule has 0 fully saturated rings. The van der Waals surface area contributed by atoms with E-state index in [0.717, 1.165) is 12.8 Å². The Bertz CT molecular complexity index is 154. The highest BCUT2D eigenvalue weighted by molar-refractivity contribution is 4.36. The molecular formula is C8H17NO6. The van der Waals surface area contributed by atoms with E-state index in [-0.39, 0.29) is 19.8 Å². The third-order valence-corrected chi connectivity index (χ3v) is 1.49. The number of nitrogens with zero attached hydrogens (tertiary/aromatic N) is 1. The summed E-state index contributed by atoms with van der Waals surface area (Å²) in [6, 6.07) is 0. The Hall–Kier alpha value is -0.920. The fraction of sp³-hybridized carbons (Fsp3) is 1.00. The molecule has 0 spiro atoms. The standard InChI is InChI=1S/C8H17NO6/c10-3-1-2-4-13-5-6-14-7-8-15-9(11)12/h10H,1-8H2. The maximum absolute atomic E-state index is 9.72. The van der Waals surface area contributed by atoms with Gasteiger partial charge in [0.2, 0.25) is 0 Å². The Labute approximate surface area is 88.0 Å². The molecule has 7 heteroatoms. The first kappa shape index (κ1) is 14.1. The second kappa shape index (κ2) is 11.2. The van der Waals surface area contributed by atoms with Crippen LogP contribution in [0.15, 0.2) is 0 Å². The highest BCUT2D eigenvalue weighted by Crippen LogP contribution is 1.88. The van der Waals surface area contributed by atoms with Crippen molar-refractivity contribution < 1.29 is 24.5 Å². The van der Waals surface area contributed by atoms with Crippen LogP contribution in [0.2, 0.25) is 0 Å². The van der Waals surface area contributed by atoms with Crippen LogP contribution in [0, 0.1) is 10.1 Å². The molecule has 0 bridgehead atoms. The number of hydrogen-bond acceptors (Lipinski definition) is 6. The fourth-order valence-electron chi connectivity index (χ4n) is 0.809. The van der Waals surface area contributed by atoms with Gasteiger partial charge < -0.3 is 19.4 Å². The van der Waals surface area contributed by atoms with Gasteiger partial charge in [-0.15, -0.1) is 10.1 Å². The zero-order valence-electron chi connectivity index (χ0n) is 8.59. The largest absolute Gasteiger partial charge is 0.396 e. The van der Waals surface area contributed by atoms with Crippen molar-refractivity contribution in [3.63, 3.8) is 0 Å². The minimum Gasteiger partial charge on any atom is -0.396 e. The Morgan fingerprint density at radius 2 is 1.60 bits per heavy atom. The zero-order valence-corrected chi connectivity index (χ0v) is 8.59. The van der Waals surface area contributed by atoms with E-state index < -0.39 is 5.09 Å². The van der Waals surface area contributed by atoms with Crippen molar-refractivity contribution in [1.29, 1.82) is 0 Å². The molecule has 0 unspecified atom stereocenters. The summed E-state index contributed by atoms with van der Waals surface area (Å²) in [4.78, 5) is 13.7. The van der Waals surface area contributed by atoms with Crippen molar-refractivity contribution >= 4 is 0 Å². The van der Waals surface area contributed by atoms with Crippen LogP contribution in [0.1, 0.15) is 12.8 Å². The predicted octanol–water partition coefficient (Wildman–Crippen LogP) is 0.000400. The number of hydrogen-bond donors (Lipinski definition) is 1. The van der Waals surface area contributed by atoms with Gasteiger partial charge in [-0.05, 0) is 12.8 Å². The summed E-state index contributed by atoms with van der Waals surface area (Å²) in [6.07, 6.45) is 1.55. The monoisotopic (exact) mass is 223 g/mol. The molecule has 0 aromatic carbocycles. The lowest BCUT2D eigenvalue weighted by molar-refractivity contribution is -0.758. The van der Waals surface area contributed by atoms with Crippen molar-refractivity contribution in [2.24, 2.45) is 0 Å². The molecule has 0 radical (unpaired) electrons. The van der Waals surface area contributed by atoms with Crippen LogP contribution in [-0.2, 0) is 14.3 Å². The van der Waals surface area contributed by atoms with Gasteiger partial charge in [-0.2, -0.15) is 0 Å². The van der Waals surface area contributed by atoms with Gasteiger partial charge in [0.15, 0.2) is 0 Å². The summed E-state index contributed by atoms with van der Waals surface area (Å²) in [5.74, 6) is 0. The first-order valence-corrected chi connectivity index (χ1v) is 4.81. The molecule has 0 aliphatic heterocycles. The molecule has 1 N–H and O–H groups in total. The van der Waals surface area contributed by atoms with Crippen LogP contribution in [-0.4, -0.2) is 49.8 Å². The van der Waals surface area contributed by atoms with Gasteiger partial charge in [0, 0.05) is 13.2 Å². The van der Waals surface area contributed by atoms with Gasteiger partial charge in [-0.3, -0.25) is 0 Å². The molecule has 0 saturated heterocycles. The number of aliphatic hydroxyl groups excluding tert-OH is 1. The summed E-state index contributed by atoms with van der Waals surface area (Å²) < 4.78 is 10.1. The van der Waals surface area contributed by atoms with Crippen molar-refractivity contribution in [1.82, 2.24) is 0 Å². The summed E-state index contributed by atoms with van der Waals surface area (Å²) in [6.45, 7) is 1.73. The van der Waals surface area contributed by atoms with Crippen LogP contribution in [0.25, 0.3) is 0 Å². The minimum atomic E-state index is -0.852.